The summed E-state index contributed by atoms with van der Waals surface area (Å²) in [4.78, 5) is 16.0. The molecule has 0 saturated carbocycles. The van der Waals surface area contributed by atoms with Crippen LogP contribution in [0.15, 0.2) is 34.8 Å². The molecule has 1 heterocycles. The molecule has 0 bridgehead atoms. The number of thiazole rings is 1. The summed E-state index contributed by atoms with van der Waals surface area (Å²) in [7, 11) is 0. The Morgan fingerprint density at radius 3 is 2.95 bits per heavy atom. The molecule has 1 aromatic carbocycles. The molecule has 0 saturated heterocycles. The van der Waals surface area contributed by atoms with E-state index in [1.165, 1.54) is 11.3 Å². The largest absolute Gasteiger partial charge is 0.409 e. The van der Waals surface area contributed by atoms with Gasteiger partial charge in [-0.2, -0.15) is 0 Å². The van der Waals surface area contributed by atoms with E-state index < -0.39 is 0 Å². The number of carbonyl (C=O) groups is 1. The SMILES string of the molecule is Cc1nc(C(=O)Nc2cccc(C(N)=NO)c2)cs1. The molecule has 98 valence electrons. The van der Waals surface area contributed by atoms with Crippen molar-refractivity contribution >= 4 is 28.8 Å². The fourth-order valence-corrected chi connectivity index (χ4v) is 2.07. The van der Waals surface area contributed by atoms with Gasteiger partial charge in [-0.05, 0) is 19.1 Å². The van der Waals surface area contributed by atoms with Crippen LogP contribution in [0, 0.1) is 6.92 Å². The van der Waals surface area contributed by atoms with Crippen molar-refractivity contribution in [3.05, 3.63) is 45.9 Å². The molecule has 0 radical (unpaired) electrons. The number of aryl methyl sites for hydroxylation is 1. The zero-order chi connectivity index (χ0) is 13.8. The molecule has 0 aliphatic carbocycles. The normalized spacial score (nSPS) is 11.3. The molecule has 7 heteroatoms. The summed E-state index contributed by atoms with van der Waals surface area (Å²) < 4.78 is 0. The molecule has 0 aliphatic rings. The van der Waals surface area contributed by atoms with Crippen molar-refractivity contribution in [1.82, 2.24) is 4.98 Å². The average molecular weight is 276 g/mol. The number of nitrogens with two attached hydrogens (primary N) is 1. The molecule has 2 aromatic rings. The van der Waals surface area contributed by atoms with Gasteiger partial charge in [-0.15, -0.1) is 11.3 Å². The van der Waals surface area contributed by atoms with Crippen LogP contribution in [0.25, 0.3) is 0 Å². The zero-order valence-corrected chi connectivity index (χ0v) is 10.9. The summed E-state index contributed by atoms with van der Waals surface area (Å²) >= 11 is 1.41. The van der Waals surface area contributed by atoms with E-state index in [1.54, 1.807) is 29.6 Å². The zero-order valence-electron chi connectivity index (χ0n) is 10.1. The number of nitrogens with zero attached hydrogens (tertiary/aromatic N) is 2. The Morgan fingerprint density at radius 2 is 2.32 bits per heavy atom. The van der Waals surface area contributed by atoms with E-state index in [2.05, 4.69) is 15.5 Å². The lowest BCUT2D eigenvalue weighted by Crippen LogP contribution is -2.15. The fraction of sp³-hybridized carbons (Fsp3) is 0.0833. The molecule has 0 spiro atoms. The van der Waals surface area contributed by atoms with Gasteiger partial charge in [0.15, 0.2) is 5.84 Å². The highest BCUT2D eigenvalue weighted by atomic mass is 32.1. The predicted octanol–water partition coefficient (Wildman–Crippen LogP) is 1.80. The summed E-state index contributed by atoms with van der Waals surface area (Å²) in [5.74, 6) is -0.304. The monoisotopic (exact) mass is 276 g/mol. The lowest BCUT2D eigenvalue weighted by molar-refractivity contribution is 0.102. The Balaban J connectivity index is 2.17. The topological polar surface area (TPSA) is 101 Å². The van der Waals surface area contributed by atoms with E-state index in [-0.39, 0.29) is 11.7 Å². The van der Waals surface area contributed by atoms with Gasteiger partial charge in [-0.3, -0.25) is 4.79 Å². The second-order valence-corrected chi connectivity index (χ2v) is 4.83. The smallest absolute Gasteiger partial charge is 0.275 e. The highest BCUT2D eigenvalue weighted by molar-refractivity contribution is 7.09. The van der Waals surface area contributed by atoms with E-state index in [9.17, 15) is 4.79 Å². The van der Waals surface area contributed by atoms with Gasteiger partial charge in [-0.1, -0.05) is 17.3 Å². The number of oxime groups is 1. The van der Waals surface area contributed by atoms with Gasteiger partial charge in [0.25, 0.3) is 5.91 Å². The third-order valence-corrected chi connectivity index (χ3v) is 3.15. The molecule has 4 N–H and O–H groups in total. The maximum absolute atomic E-state index is 11.9. The maximum atomic E-state index is 11.9. The third-order valence-electron chi connectivity index (χ3n) is 2.38. The Bertz CT molecular complexity index is 636. The van der Waals surface area contributed by atoms with Gasteiger partial charge in [0.1, 0.15) is 5.69 Å². The van der Waals surface area contributed by atoms with Crippen LogP contribution in [0.2, 0.25) is 0 Å². The Labute approximate surface area is 113 Å². The van der Waals surface area contributed by atoms with Crippen LogP contribution in [-0.4, -0.2) is 21.9 Å². The lowest BCUT2D eigenvalue weighted by Gasteiger charge is -2.05. The van der Waals surface area contributed by atoms with Gasteiger partial charge < -0.3 is 16.3 Å². The first kappa shape index (κ1) is 13.0. The van der Waals surface area contributed by atoms with E-state index >= 15 is 0 Å². The molecular weight excluding hydrogens is 264 g/mol. The number of rotatable bonds is 3. The van der Waals surface area contributed by atoms with Gasteiger partial charge in [0.2, 0.25) is 0 Å². The Kier molecular flexibility index (Phi) is 3.76. The number of aromatic nitrogens is 1. The minimum absolute atomic E-state index is 0.0133. The van der Waals surface area contributed by atoms with Crippen LogP contribution in [0.4, 0.5) is 5.69 Å². The number of hydrogen-bond acceptors (Lipinski definition) is 5. The first-order valence-corrected chi connectivity index (χ1v) is 6.29. The van der Waals surface area contributed by atoms with Gasteiger partial charge in [-0.25, -0.2) is 4.98 Å². The highest BCUT2D eigenvalue weighted by Crippen LogP contribution is 2.13. The van der Waals surface area contributed by atoms with Crippen LogP contribution >= 0.6 is 11.3 Å². The minimum Gasteiger partial charge on any atom is -0.409 e. The summed E-state index contributed by atoms with van der Waals surface area (Å²) in [5, 5.41) is 16.7. The standard InChI is InChI=1S/C12H12N4O2S/c1-7-14-10(6-19-7)12(17)15-9-4-2-3-8(5-9)11(13)16-18/h2-6,18H,1H3,(H2,13,16)(H,15,17). The summed E-state index contributed by atoms with van der Waals surface area (Å²) in [6.07, 6.45) is 0. The molecular formula is C12H12N4O2S. The van der Waals surface area contributed by atoms with E-state index in [4.69, 9.17) is 10.9 Å². The number of amides is 1. The van der Waals surface area contributed by atoms with E-state index in [0.29, 0.717) is 16.9 Å². The van der Waals surface area contributed by atoms with Crippen molar-refractivity contribution in [1.29, 1.82) is 0 Å². The molecule has 1 aromatic heterocycles. The number of amidine groups is 1. The average Bonchev–Trinajstić information content (AvgIpc) is 2.85. The lowest BCUT2D eigenvalue weighted by atomic mass is 10.2. The molecule has 0 fully saturated rings. The van der Waals surface area contributed by atoms with Crippen molar-refractivity contribution in [3.63, 3.8) is 0 Å². The first-order valence-electron chi connectivity index (χ1n) is 5.41. The predicted molar refractivity (Wildman–Crippen MR) is 73.8 cm³/mol. The van der Waals surface area contributed by atoms with E-state index in [0.717, 1.165) is 5.01 Å². The number of benzene rings is 1. The molecule has 1 amide bonds. The fourth-order valence-electron chi connectivity index (χ4n) is 1.48. The quantitative estimate of drug-likeness (QED) is 0.344. The van der Waals surface area contributed by atoms with Gasteiger partial charge >= 0.3 is 0 Å². The number of anilines is 1. The summed E-state index contributed by atoms with van der Waals surface area (Å²) in [6, 6.07) is 6.71. The van der Waals surface area contributed by atoms with Crippen LogP contribution in [0.1, 0.15) is 21.1 Å². The molecule has 2 rings (SSSR count). The van der Waals surface area contributed by atoms with Crippen LogP contribution in [0.3, 0.4) is 0 Å². The van der Waals surface area contributed by atoms with Crippen molar-refractivity contribution in [2.24, 2.45) is 10.9 Å². The first-order chi connectivity index (χ1) is 9.10. The van der Waals surface area contributed by atoms with Crippen molar-refractivity contribution in [2.45, 2.75) is 6.92 Å². The molecule has 0 unspecified atom stereocenters. The highest BCUT2D eigenvalue weighted by Gasteiger charge is 2.10. The van der Waals surface area contributed by atoms with Crippen molar-refractivity contribution in [2.75, 3.05) is 5.32 Å². The summed E-state index contributed by atoms with van der Waals surface area (Å²) in [6.45, 7) is 1.83. The number of hydrogen-bond donors (Lipinski definition) is 3. The van der Waals surface area contributed by atoms with Gasteiger partial charge in [0, 0.05) is 16.6 Å². The molecule has 0 aliphatic heterocycles. The Hall–Kier alpha value is -2.41. The molecule has 0 atom stereocenters. The van der Waals surface area contributed by atoms with Crippen LogP contribution < -0.4 is 11.1 Å². The second-order valence-electron chi connectivity index (χ2n) is 3.77. The summed E-state index contributed by atoms with van der Waals surface area (Å²) in [5.41, 5.74) is 6.94. The van der Waals surface area contributed by atoms with E-state index in [1.807, 2.05) is 6.92 Å². The second kappa shape index (κ2) is 5.49. The minimum atomic E-state index is -0.291. The third kappa shape index (κ3) is 3.08. The Morgan fingerprint density at radius 1 is 1.53 bits per heavy atom. The maximum Gasteiger partial charge on any atom is 0.275 e. The van der Waals surface area contributed by atoms with Gasteiger partial charge in [0.05, 0.1) is 5.01 Å². The van der Waals surface area contributed by atoms with Crippen LogP contribution in [0.5, 0.6) is 0 Å². The number of carbonyl (C=O) groups excluding carboxylic acids is 1. The number of nitrogens with one attached hydrogen (secondary N) is 1. The molecule has 19 heavy (non-hydrogen) atoms. The van der Waals surface area contributed by atoms with Crippen molar-refractivity contribution < 1.29 is 10.0 Å². The van der Waals surface area contributed by atoms with Crippen molar-refractivity contribution in [3.8, 4) is 0 Å². The van der Waals surface area contributed by atoms with Crippen LogP contribution in [-0.2, 0) is 0 Å². The molecule has 6 nitrogen and oxygen atoms in total.